The lowest BCUT2D eigenvalue weighted by Crippen LogP contribution is -2.39. The summed E-state index contributed by atoms with van der Waals surface area (Å²) < 4.78 is 2.06. The summed E-state index contributed by atoms with van der Waals surface area (Å²) in [6.07, 6.45) is 6.15. The van der Waals surface area contributed by atoms with Crippen molar-refractivity contribution in [1.29, 1.82) is 0 Å². The molecule has 0 saturated heterocycles. The van der Waals surface area contributed by atoms with Crippen LogP contribution in [0.25, 0.3) is 0 Å². The number of hydrogen-bond donors (Lipinski definition) is 1. The van der Waals surface area contributed by atoms with Gasteiger partial charge >= 0.3 is 0 Å². The molecule has 1 N–H and O–H groups in total. The van der Waals surface area contributed by atoms with E-state index in [0.717, 1.165) is 31.8 Å². The van der Waals surface area contributed by atoms with Crippen molar-refractivity contribution in [3.63, 3.8) is 0 Å². The maximum absolute atomic E-state index is 4.47. The first-order valence-corrected chi connectivity index (χ1v) is 7.67. The van der Waals surface area contributed by atoms with Crippen molar-refractivity contribution < 1.29 is 0 Å². The van der Waals surface area contributed by atoms with E-state index in [4.69, 9.17) is 0 Å². The summed E-state index contributed by atoms with van der Waals surface area (Å²) in [6.45, 7) is 13.2. The molecule has 0 radical (unpaired) electrons. The molecule has 1 rings (SSSR count). The quantitative estimate of drug-likeness (QED) is 0.747. The van der Waals surface area contributed by atoms with E-state index in [0.29, 0.717) is 11.5 Å². The summed E-state index contributed by atoms with van der Waals surface area (Å²) in [5.74, 6) is 1.14. The first-order valence-electron chi connectivity index (χ1n) is 7.67. The van der Waals surface area contributed by atoms with E-state index in [9.17, 15) is 0 Å². The highest BCUT2D eigenvalue weighted by atomic mass is 15.3. The standard InChI is InChI=1S/C15H30N4/c1-6-9-19-14(17-12-18-19)10-15(7-2,8-3)11-16-13(4)5/h12-13,16H,6-11H2,1-5H3. The fraction of sp³-hybridized carbons (Fsp3) is 0.867. The van der Waals surface area contributed by atoms with E-state index in [1.54, 1.807) is 6.33 Å². The minimum absolute atomic E-state index is 0.294. The van der Waals surface area contributed by atoms with E-state index >= 15 is 0 Å². The zero-order valence-electron chi connectivity index (χ0n) is 13.2. The van der Waals surface area contributed by atoms with E-state index in [-0.39, 0.29) is 0 Å². The van der Waals surface area contributed by atoms with E-state index < -0.39 is 0 Å². The Balaban J connectivity index is 2.78. The third-order valence-corrected chi connectivity index (χ3v) is 4.05. The summed E-state index contributed by atoms with van der Waals surface area (Å²) in [6, 6.07) is 0.533. The topological polar surface area (TPSA) is 42.7 Å². The van der Waals surface area contributed by atoms with Gasteiger partial charge in [-0.15, -0.1) is 0 Å². The molecule has 0 aliphatic rings. The van der Waals surface area contributed by atoms with Crippen molar-refractivity contribution in [3.05, 3.63) is 12.2 Å². The van der Waals surface area contributed by atoms with Crippen LogP contribution in [-0.4, -0.2) is 27.4 Å². The van der Waals surface area contributed by atoms with Crippen LogP contribution in [0, 0.1) is 5.41 Å². The van der Waals surface area contributed by atoms with Gasteiger partial charge in [-0.3, -0.25) is 4.68 Å². The molecular weight excluding hydrogens is 236 g/mol. The van der Waals surface area contributed by atoms with Crippen molar-refractivity contribution in [2.24, 2.45) is 5.41 Å². The number of aromatic nitrogens is 3. The Hall–Kier alpha value is -0.900. The van der Waals surface area contributed by atoms with Crippen molar-refractivity contribution in [2.45, 2.75) is 72.9 Å². The normalized spacial score (nSPS) is 12.3. The van der Waals surface area contributed by atoms with Gasteiger partial charge in [0.25, 0.3) is 0 Å². The van der Waals surface area contributed by atoms with Gasteiger partial charge in [0, 0.05) is 25.6 Å². The lowest BCUT2D eigenvalue weighted by molar-refractivity contribution is 0.231. The highest BCUT2D eigenvalue weighted by Crippen LogP contribution is 2.29. The second-order valence-electron chi connectivity index (χ2n) is 5.82. The molecule has 0 aliphatic carbocycles. The van der Waals surface area contributed by atoms with Gasteiger partial charge in [-0.05, 0) is 24.7 Å². The van der Waals surface area contributed by atoms with Crippen LogP contribution in [0.15, 0.2) is 6.33 Å². The Morgan fingerprint density at radius 2 is 1.95 bits per heavy atom. The monoisotopic (exact) mass is 266 g/mol. The SMILES string of the molecule is CCCn1ncnc1CC(CC)(CC)CNC(C)C. The largest absolute Gasteiger partial charge is 0.314 e. The van der Waals surface area contributed by atoms with Crippen molar-refractivity contribution >= 4 is 0 Å². The molecular formula is C15H30N4. The maximum Gasteiger partial charge on any atom is 0.138 e. The molecule has 0 saturated carbocycles. The first kappa shape index (κ1) is 16.2. The van der Waals surface area contributed by atoms with Gasteiger partial charge < -0.3 is 5.32 Å². The highest BCUT2D eigenvalue weighted by Gasteiger charge is 2.28. The van der Waals surface area contributed by atoms with Crippen molar-refractivity contribution in [3.8, 4) is 0 Å². The fourth-order valence-corrected chi connectivity index (χ4v) is 2.39. The van der Waals surface area contributed by atoms with Crippen LogP contribution in [0.1, 0.15) is 59.7 Å². The number of rotatable bonds is 9. The summed E-state index contributed by atoms with van der Waals surface area (Å²) in [4.78, 5) is 4.47. The second kappa shape index (κ2) is 7.63. The van der Waals surface area contributed by atoms with Crippen LogP contribution in [0.4, 0.5) is 0 Å². The Kier molecular flexibility index (Phi) is 6.49. The highest BCUT2D eigenvalue weighted by molar-refractivity contribution is 4.94. The third kappa shape index (κ3) is 4.60. The molecule has 0 aromatic carbocycles. The Morgan fingerprint density at radius 3 is 2.47 bits per heavy atom. The van der Waals surface area contributed by atoms with Crippen LogP contribution >= 0.6 is 0 Å². The minimum Gasteiger partial charge on any atom is -0.314 e. The Labute approximate surface area is 118 Å². The molecule has 0 amide bonds. The summed E-state index contributed by atoms with van der Waals surface area (Å²) in [5, 5.41) is 7.93. The maximum atomic E-state index is 4.47. The minimum atomic E-state index is 0.294. The smallest absolute Gasteiger partial charge is 0.138 e. The zero-order valence-corrected chi connectivity index (χ0v) is 13.2. The molecule has 0 aliphatic heterocycles. The van der Waals surface area contributed by atoms with Crippen molar-refractivity contribution in [1.82, 2.24) is 20.1 Å². The van der Waals surface area contributed by atoms with E-state index in [1.165, 1.54) is 12.8 Å². The molecule has 19 heavy (non-hydrogen) atoms. The first-order chi connectivity index (χ1) is 9.06. The number of nitrogens with one attached hydrogen (secondary N) is 1. The Bertz CT molecular complexity index is 353. The van der Waals surface area contributed by atoms with Crippen LogP contribution in [-0.2, 0) is 13.0 Å². The van der Waals surface area contributed by atoms with Gasteiger partial charge in [-0.1, -0.05) is 34.6 Å². The predicted octanol–water partition coefficient (Wildman–Crippen LogP) is 3.04. The second-order valence-corrected chi connectivity index (χ2v) is 5.82. The molecule has 4 heteroatoms. The third-order valence-electron chi connectivity index (χ3n) is 4.05. The molecule has 0 unspecified atom stereocenters. The predicted molar refractivity (Wildman–Crippen MR) is 80.2 cm³/mol. The van der Waals surface area contributed by atoms with Gasteiger partial charge in [0.05, 0.1) is 0 Å². The van der Waals surface area contributed by atoms with Gasteiger partial charge in [-0.2, -0.15) is 5.10 Å². The molecule has 1 aromatic rings. The van der Waals surface area contributed by atoms with Crippen molar-refractivity contribution in [2.75, 3.05) is 6.54 Å². The molecule has 0 fully saturated rings. The van der Waals surface area contributed by atoms with Crippen LogP contribution in [0.5, 0.6) is 0 Å². The molecule has 4 nitrogen and oxygen atoms in total. The molecule has 1 heterocycles. The summed E-state index contributed by atoms with van der Waals surface area (Å²) in [7, 11) is 0. The Morgan fingerprint density at radius 1 is 1.26 bits per heavy atom. The molecule has 0 atom stereocenters. The van der Waals surface area contributed by atoms with Crippen LogP contribution in [0.3, 0.4) is 0 Å². The molecule has 0 bridgehead atoms. The molecule has 110 valence electrons. The van der Waals surface area contributed by atoms with E-state index in [2.05, 4.69) is 54.7 Å². The number of hydrogen-bond acceptors (Lipinski definition) is 3. The average molecular weight is 266 g/mol. The molecule has 0 spiro atoms. The van der Waals surface area contributed by atoms with Gasteiger partial charge in [0.2, 0.25) is 0 Å². The van der Waals surface area contributed by atoms with Gasteiger partial charge in [-0.25, -0.2) is 4.98 Å². The summed E-state index contributed by atoms with van der Waals surface area (Å²) in [5.41, 5.74) is 0.294. The lowest BCUT2D eigenvalue weighted by Gasteiger charge is -2.32. The van der Waals surface area contributed by atoms with Gasteiger partial charge in [0.1, 0.15) is 12.2 Å². The number of aryl methyl sites for hydroxylation is 1. The average Bonchev–Trinajstić information content (AvgIpc) is 2.82. The zero-order chi connectivity index (χ0) is 14.3. The van der Waals surface area contributed by atoms with Crippen LogP contribution in [0.2, 0.25) is 0 Å². The lowest BCUT2D eigenvalue weighted by atomic mass is 9.78. The van der Waals surface area contributed by atoms with E-state index in [1.807, 2.05) is 0 Å². The fourth-order valence-electron chi connectivity index (χ4n) is 2.39. The van der Waals surface area contributed by atoms with Crippen LogP contribution < -0.4 is 5.32 Å². The molecule has 1 aromatic heterocycles. The number of nitrogens with zero attached hydrogens (tertiary/aromatic N) is 3. The summed E-state index contributed by atoms with van der Waals surface area (Å²) >= 11 is 0. The van der Waals surface area contributed by atoms with Gasteiger partial charge in [0.15, 0.2) is 0 Å².